The number of nitrogens with one attached hydrogen (secondary N) is 1. The third kappa shape index (κ3) is 3.74. The first kappa shape index (κ1) is 19.2. The SMILES string of the molecule is C=C/C=C(\C=C)Nc1cc(=O)c2c(C)cc(OCC)nc2n1-c1ccccc1. The second-order valence-electron chi connectivity index (χ2n) is 6.16. The molecule has 3 rings (SSSR count). The van der Waals surface area contributed by atoms with Crippen LogP contribution in [0, 0.1) is 6.92 Å². The second kappa shape index (κ2) is 8.39. The van der Waals surface area contributed by atoms with Gasteiger partial charge in [0.15, 0.2) is 11.1 Å². The largest absolute Gasteiger partial charge is 0.478 e. The number of fused-ring (bicyclic) bond motifs is 1. The van der Waals surface area contributed by atoms with Crippen molar-refractivity contribution in [3.63, 3.8) is 0 Å². The molecule has 28 heavy (non-hydrogen) atoms. The number of hydrogen-bond donors (Lipinski definition) is 1. The summed E-state index contributed by atoms with van der Waals surface area (Å²) in [5, 5.41) is 3.82. The van der Waals surface area contributed by atoms with Gasteiger partial charge in [0, 0.05) is 23.5 Å². The van der Waals surface area contributed by atoms with Crippen LogP contribution in [-0.2, 0) is 0 Å². The second-order valence-corrected chi connectivity index (χ2v) is 6.16. The molecule has 0 saturated carbocycles. The molecule has 0 saturated heterocycles. The Bertz CT molecular complexity index is 1110. The van der Waals surface area contributed by atoms with Gasteiger partial charge in [-0.1, -0.05) is 37.4 Å². The van der Waals surface area contributed by atoms with E-state index in [1.165, 1.54) is 0 Å². The molecular weight excluding hydrogens is 350 g/mol. The predicted molar refractivity (Wildman–Crippen MR) is 115 cm³/mol. The molecule has 0 radical (unpaired) electrons. The van der Waals surface area contributed by atoms with Crippen molar-refractivity contribution in [2.75, 3.05) is 11.9 Å². The molecule has 5 nitrogen and oxygen atoms in total. The number of aryl methyl sites for hydroxylation is 1. The maximum absolute atomic E-state index is 12.9. The average molecular weight is 373 g/mol. The Morgan fingerprint density at radius 1 is 1.25 bits per heavy atom. The third-order valence-corrected chi connectivity index (χ3v) is 4.24. The zero-order chi connectivity index (χ0) is 20.1. The minimum atomic E-state index is -0.111. The summed E-state index contributed by atoms with van der Waals surface area (Å²) in [6.07, 6.45) is 5.11. The number of rotatable bonds is 7. The maximum Gasteiger partial charge on any atom is 0.215 e. The van der Waals surface area contributed by atoms with E-state index in [2.05, 4.69) is 23.5 Å². The van der Waals surface area contributed by atoms with Crippen molar-refractivity contribution in [1.82, 2.24) is 9.55 Å². The maximum atomic E-state index is 12.9. The number of aromatic nitrogens is 2. The highest BCUT2D eigenvalue weighted by atomic mass is 16.5. The molecule has 0 unspecified atom stereocenters. The van der Waals surface area contributed by atoms with Crippen LogP contribution in [0.25, 0.3) is 16.7 Å². The molecule has 5 heteroatoms. The van der Waals surface area contributed by atoms with E-state index in [4.69, 9.17) is 4.74 Å². The van der Waals surface area contributed by atoms with Crippen LogP contribution in [0.2, 0.25) is 0 Å². The lowest BCUT2D eigenvalue weighted by Crippen LogP contribution is -2.16. The van der Waals surface area contributed by atoms with E-state index in [1.807, 2.05) is 48.7 Å². The molecule has 0 atom stereocenters. The molecule has 0 aliphatic heterocycles. The summed E-state index contributed by atoms with van der Waals surface area (Å²) in [7, 11) is 0. The van der Waals surface area contributed by atoms with Crippen LogP contribution < -0.4 is 15.5 Å². The van der Waals surface area contributed by atoms with E-state index < -0.39 is 0 Å². The molecule has 3 aromatic rings. The van der Waals surface area contributed by atoms with Crippen molar-refractivity contribution in [3.8, 4) is 11.6 Å². The standard InChI is InChI=1S/C23H23N3O2/c1-5-11-17(6-2)24-20-15-19(27)22-16(4)14-21(28-7-3)25-23(22)26(20)18-12-9-8-10-13-18/h5-6,8-15,24H,1-2,7H2,3-4H3/b17-11+. The highest BCUT2D eigenvalue weighted by molar-refractivity contribution is 5.84. The lowest BCUT2D eigenvalue weighted by atomic mass is 10.1. The van der Waals surface area contributed by atoms with Crippen LogP contribution in [0.5, 0.6) is 5.88 Å². The van der Waals surface area contributed by atoms with E-state index >= 15 is 0 Å². The van der Waals surface area contributed by atoms with Gasteiger partial charge in [0.1, 0.15) is 5.82 Å². The first-order chi connectivity index (χ1) is 13.6. The van der Waals surface area contributed by atoms with Gasteiger partial charge < -0.3 is 10.1 Å². The summed E-state index contributed by atoms with van der Waals surface area (Å²) in [5.41, 5.74) is 2.83. The smallest absolute Gasteiger partial charge is 0.215 e. The van der Waals surface area contributed by atoms with Crippen molar-refractivity contribution in [3.05, 3.63) is 95.3 Å². The number of nitrogens with zero attached hydrogens (tertiary/aromatic N) is 2. The predicted octanol–water partition coefficient (Wildman–Crippen LogP) is 4.76. The molecule has 0 bridgehead atoms. The number of allylic oxidation sites excluding steroid dienone is 3. The fraction of sp³-hybridized carbons (Fsp3) is 0.130. The lowest BCUT2D eigenvalue weighted by Gasteiger charge is -2.19. The first-order valence-corrected chi connectivity index (χ1v) is 9.06. The minimum absolute atomic E-state index is 0.111. The summed E-state index contributed by atoms with van der Waals surface area (Å²) in [6.45, 7) is 11.8. The molecule has 0 fully saturated rings. The topological polar surface area (TPSA) is 56.1 Å². The normalized spacial score (nSPS) is 11.3. The van der Waals surface area contributed by atoms with Crippen molar-refractivity contribution in [2.45, 2.75) is 13.8 Å². The Kier molecular flexibility index (Phi) is 5.75. The monoisotopic (exact) mass is 373 g/mol. The van der Waals surface area contributed by atoms with E-state index in [1.54, 1.807) is 30.4 Å². The van der Waals surface area contributed by atoms with Gasteiger partial charge in [-0.25, -0.2) is 0 Å². The van der Waals surface area contributed by atoms with Crippen molar-refractivity contribution >= 4 is 16.9 Å². The van der Waals surface area contributed by atoms with Crippen LogP contribution >= 0.6 is 0 Å². The average Bonchev–Trinajstić information content (AvgIpc) is 2.68. The molecule has 1 N–H and O–H groups in total. The van der Waals surface area contributed by atoms with Gasteiger partial charge in [-0.2, -0.15) is 4.98 Å². The lowest BCUT2D eigenvalue weighted by molar-refractivity contribution is 0.327. The Labute approximate surface area is 164 Å². The zero-order valence-corrected chi connectivity index (χ0v) is 16.1. The molecule has 0 aliphatic rings. The van der Waals surface area contributed by atoms with Gasteiger partial charge in [-0.05, 0) is 43.7 Å². The summed E-state index contributed by atoms with van der Waals surface area (Å²) >= 11 is 0. The highest BCUT2D eigenvalue weighted by Crippen LogP contribution is 2.26. The minimum Gasteiger partial charge on any atom is -0.478 e. The fourth-order valence-electron chi connectivity index (χ4n) is 3.06. The molecular formula is C23H23N3O2. The van der Waals surface area contributed by atoms with Gasteiger partial charge in [0.05, 0.1) is 12.0 Å². The van der Waals surface area contributed by atoms with E-state index in [0.29, 0.717) is 29.3 Å². The molecule has 2 heterocycles. The summed E-state index contributed by atoms with van der Waals surface area (Å²) in [5.74, 6) is 1.07. The molecule has 1 aromatic carbocycles. The number of para-hydroxylation sites is 1. The number of pyridine rings is 2. The first-order valence-electron chi connectivity index (χ1n) is 9.06. The molecule has 2 aromatic heterocycles. The Morgan fingerprint density at radius 3 is 2.64 bits per heavy atom. The van der Waals surface area contributed by atoms with E-state index in [-0.39, 0.29) is 5.43 Å². The summed E-state index contributed by atoms with van der Waals surface area (Å²) in [6, 6.07) is 13.1. The van der Waals surface area contributed by atoms with Crippen molar-refractivity contribution in [1.29, 1.82) is 0 Å². The Hall–Kier alpha value is -3.60. The third-order valence-electron chi connectivity index (χ3n) is 4.24. The van der Waals surface area contributed by atoms with Crippen LogP contribution in [0.15, 0.2) is 84.3 Å². The number of anilines is 1. The zero-order valence-electron chi connectivity index (χ0n) is 16.1. The number of ether oxygens (including phenoxy) is 1. The van der Waals surface area contributed by atoms with Crippen LogP contribution in [0.1, 0.15) is 12.5 Å². The van der Waals surface area contributed by atoms with Gasteiger partial charge in [0.25, 0.3) is 0 Å². The summed E-state index contributed by atoms with van der Waals surface area (Å²) in [4.78, 5) is 17.5. The van der Waals surface area contributed by atoms with Crippen LogP contribution in [0.4, 0.5) is 5.82 Å². The van der Waals surface area contributed by atoms with Gasteiger partial charge >= 0.3 is 0 Å². The van der Waals surface area contributed by atoms with E-state index in [0.717, 1.165) is 16.9 Å². The molecule has 0 amide bonds. The Balaban J connectivity index is 2.39. The summed E-state index contributed by atoms with van der Waals surface area (Å²) < 4.78 is 7.53. The highest BCUT2D eigenvalue weighted by Gasteiger charge is 2.16. The van der Waals surface area contributed by atoms with Crippen LogP contribution in [-0.4, -0.2) is 16.2 Å². The quantitative estimate of drug-likeness (QED) is 0.607. The van der Waals surface area contributed by atoms with Crippen molar-refractivity contribution in [2.24, 2.45) is 0 Å². The van der Waals surface area contributed by atoms with Gasteiger partial charge in [-0.3, -0.25) is 9.36 Å². The Morgan fingerprint density at radius 2 is 2.00 bits per heavy atom. The molecule has 0 aliphatic carbocycles. The van der Waals surface area contributed by atoms with Gasteiger partial charge in [-0.15, -0.1) is 0 Å². The molecule has 142 valence electrons. The van der Waals surface area contributed by atoms with E-state index in [9.17, 15) is 4.79 Å². The number of hydrogen-bond acceptors (Lipinski definition) is 4. The van der Waals surface area contributed by atoms with Crippen molar-refractivity contribution < 1.29 is 4.74 Å². The van der Waals surface area contributed by atoms with Gasteiger partial charge in [0.2, 0.25) is 5.88 Å². The van der Waals surface area contributed by atoms with Crippen LogP contribution in [0.3, 0.4) is 0 Å². The fourth-order valence-corrected chi connectivity index (χ4v) is 3.06. The number of benzene rings is 1. The molecule has 0 spiro atoms.